The number of halogens is 1. The highest BCUT2D eigenvalue weighted by Crippen LogP contribution is 2.33. The summed E-state index contributed by atoms with van der Waals surface area (Å²) in [5, 5.41) is 13.1. The summed E-state index contributed by atoms with van der Waals surface area (Å²) in [7, 11) is 0. The molecule has 0 spiro atoms. The SMILES string of the molecule is O=C(O)C1CCCC(Nc2c(Cl)ccc3nsnc23)C1. The number of carbonyl (C=O) groups is 1. The number of hydrogen-bond donors (Lipinski definition) is 2. The Hall–Kier alpha value is -1.40. The highest BCUT2D eigenvalue weighted by molar-refractivity contribution is 7.00. The average molecular weight is 312 g/mol. The molecular weight excluding hydrogens is 298 g/mol. The number of anilines is 1. The second-order valence-corrected chi connectivity index (χ2v) is 6.03. The zero-order chi connectivity index (χ0) is 14.1. The fraction of sp³-hybridized carbons (Fsp3) is 0.462. The van der Waals surface area contributed by atoms with Gasteiger partial charge in [-0.05, 0) is 31.4 Å². The Morgan fingerprint density at radius 1 is 1.40 bits per heavy atom. The normalized spacial score (nSPS) is 22.9. The van der Waals surface area contributed by atoms with Gasteiger partial charge in [-0.25, -0.2) is 0 Å². The number of carboxylic acid groups (broad SMARTS) is 1. The lowest BCUT2D eigenvalue weighted by Gasteiger charge is -2.28. The van der Waals surface area contributed by atoms with Crippen LogP contribution in [0.3, 0.4) is 0 Å². The van der Waals surface area contributed by atoms with Crippen molar-refractivity contribution in [1.82, 2.24) is 8.75 Å². The van der Waals surface area contributed by atoms with Crippen LogP contribution in [0.5, 0.6) is 0 Å². The fourth-order valence-electron chi connectivity index (χ4n) is 2.71. The van der Waals surface area contributed by atoms with E-state index in [9.17, 15) is 4.79 Å². The number of hydrogen-bond acceptors (Lipinski definition) is 5. The van der Waals surface area contributed by atoms with Crippen LogP contribution in [-0.4, -0.2) is 25.9 Å². The molecule has 2 unspecified atom stereocenters. The van der Waals surface area contributed by atoms with Crippen LogP contribution < -0.4 is 5.32 Å². The Balaban J connectivity index is 1.84. The van der Waals surface area contributed by atoms with Crippen LogP contribution in [0.1, 0.15) is 25.7 Å². The molecule has 1 aliphatic carbocycles. The molecule has 1 aromatic heterocycles. The van der Waals surface area contributed by atoms with Crippen LogP contribution in [0.2, 0.25) is 5.02 Å². The molecule has 1 fully saturated rings. The number of rotatable bonds is 3. The van der Waals surface area contributed by atoms with Gasteiger partial charge >= 0.3 is 5.97 Å². The van der Waals surface area contributed by atoms with E-state index in [4.69, 9.17) is 16.7 Å². The monoisotopic (exact) mass is 311 g/mol. The van der Waals surface area contributed by atoms with E-state index in [-0.39, 0.29) is 12.0 Å². The summed E-state index contributed by atoms with van der Waals surface area (Å²) in [5.41, 5.74) is 2.35. The van der Waals surface area contributed by atoms with Crippen molar-refractivity contribution in [3.63, 3.8) is 0 Å². The van der Waals surface area contributed by atoms with Crippen molar-refractivity contribution in [3.8, 4) is 0 Å². The Kier molecular flexibility index (Phi) is 3.76. The van der Waals surface area contributed by atoms with E-state index in [1.807, 2.05) is 6.07 Å². The van der Waals surface area contributed by atoms with Crippen molar-refractivity contribution in [2.24, 2.45) is 5.92 Å². The van der Waals surface area contributed by atoms with Gasteiger partial charge in [0.05, 0.1) is 28.4 Å². The zero-order valence-electron chi connectivity index (χ0n) is 10.7. The van der Waals surface area contributed by atoms with Crippen LogP contribution in [-0.2, 0) is 4.79 Å². The highest BCUT2D eigenvalue weighted by Gasteiger charge is 2.27. The largest absolute Gasteiger partial charge is 0.481 e. The first-order valence-electron chi connectivity index (χ1n) is 6.55. The van der Waals surface area contributed by atoms with Gasteiger partial charge in [0.25, 0.3) is 0 Å². The van der Waals surface area contributed by atoms with E-state index < -0.39 is 5.97 Å². The molecule has 1 aliphatic rings. The van der Waals surface area contributed by atoms with Gasteiger partial charge in [0.2, 0.25) is 0 Å². The van der Waals surface area contributed by atoms with E-state index in [0.717, 1.165) is 47.7 Å². The number of carboxylic acids is 1. The van der Waals surface area contributed by atoms with E-state index in [1.54, 1.807) is 6.07 Å². The maximum Gasteiger partial charge on any atom is 0.306 e. The first-order valence-corrected chi connectivity index (χ1v) is 7.66. The second-order valence-electron chi connectivity index (χ2n) is 5.10. The molecular formula is C13H14ClN3O2S. The topological polar surface area (TPSA) is 75.1 Å². The number of fused-ring (bicyclic) bond motifs is 1. The van der Waals surface area contributed by atoms with Crippen molar-refractivity contribution in [2.45, 2.75) is 31.7 Å². The van der Waals surface area contributed by atoms with Gasteiger partial charge < -0.3 is 10.4 Å². The molecule has 3 rings (SSSR count). The van der Waals surface area contributed by atoms with Gasteiger partial charge in [-0.2, -0.15) is 8.75 Å². The van der Waals surface area contributed by atoms with Gasteiger partial charge in [-0.1, -0.05) is 18.0 Å². The molecule has 1 heterocycles. The molecule has 1 aromatic carbocycles. The predicted octanol–water partition coefficient (Wildman–Crippen LogP) is 3.40. The van der Waals surface area contributed by atoms with Crippen LogP contribution >= 0.6 is 23.3 Å². The van der Waals surface area contributed by atoms with Crippen molar-refractivity contribution >= 4 is 46.0 Å². The Labute approximate surface area is 125 Å². The number of aliphatic carboxylic acids is 1. The maximum absolute atomic E-state index is 11.1. The number of aromatic nitrogens is 2. The molecule has 0 aliphatic heterocycles. The van der Waals surface area contributed by atoms with Gasteiger partial charge in [0, 0.05) is 6.04 Å². The van der Waals surface area contributed by atoms with Gasteiger partial charge in [0.15, 0.2) is 0 Å². The Bertz CT molecular complexity index is 646. The third kappa shape index (κ3) is 2.58. The molecule has 106 valence electrons. The molecule has 0 bridgehead atoms. The zero-order valence-corrected chi connectivity index (χ0v) is 12.2. The third-order valence-corrected chi connectivity index (χ3v) is 4.61. The van der Waals surface area contributed by atoms with E-state index in [0.29, 0.717) is 11.4 Å². The minimum atomic E-state index is -0.712. The maximum atomic E-state index is 11.1. The first-order chi connectivity index (χ1) is 9.65. The van der Waals surface area contributed by atoms with Crippen molar-refractivity contribution in [2.75, 3.05) is 5.32 Å². The summed E-state index contributed by atoms with van der Waals surface area (Å²) in [4.78, 5) is 11.1. The molecule has 2 aromatic rings. The minimum absolute atomic E-state index is 0.120. The Morgan fingerprint density at radius 2 is 2.25 bits per heavy atom. The molecule has 0 amide bonds. The first kappa shape index (κ1) is 13.6. The van der Waals surface area contributed by atoms with Crippen LogP contribution in [0.25, 0.3) is 11.0 Å². The Morgan fingerprint density at radius 3 is 3.05 bits per heavy atom. The fourth-order valence-corrected chi connectivity index (χ4v) is 3.46. The van der Waals surface area contributed by atoms with Gasteiger partial charge in [0.1, 0.15) is 11.0 Å². The predicted molar refractivity (Wildman–Crippen MR) is 79.4 cm³/mol. The van der Waals surface area contributed by atoms with Crippen molar-refractivity contribution < 1.29 is 9.90 Å². The highest BCUT2D eigenvalue weighted by atomic mass is 35.5. The standard InChI is InChI=1S/C13H14ClN3O2S/c14-9-4-5-10-12(17-20-16-10)11(9)15-8-3-1-2-7(6-8)13(18)19/h4-5,7-8,15H,1-3,6H2,(H,18,19). The molecule has 2 N–H and O–H groups in total. The number of benzene rings is 1. The molecule has 5 nitrogen and oxygen atoms in total. The molecule has 0 radical (unpaired) electrons. The molecule has 20 heavy (non-hydrogen) atoms. The second kappa shape index (κ2) is 5.54. The van der Waals surface area contributed by atoms with Crippen molar-refractivity contribution in [3.05, 3.63) is 17.2 Å². The van der Waals surface area contributed by atoms with E-state index in [2.05, 4.69) is 14.1 Å². The lowest BCUT2D eigenvalue weighted by molar-refractivity contribution is -0.142. The lowest BCUT2D eigenvalue weighted by atomic mass is 9.85. The van der Waals surface area contributed by atoms with Gasteiger partial charge in [-0.3, -0.25) is 4.79 Å². The average Bonchev–Trinajstić information content (AvgIpc) is 2.91. The van der Waals surface area contributed by atoms with Crippen molar-refractivity contribution in [1.29, 1.82) is 0 Å². The smallest absolute Gasteiger partial charge is 0.306 e. The number of nitrogens with zero attached hydrogens (tertiary/aromatic N) is 2. The van der Waals surface area contributed by atoms with Crippen LogP contribution in [0, 0.1) is 5.92 Å². The molecule has 7 heteroatoms. The minimum Gasteiger partial charge on any atom is -0.481 e. The quantitative estimate of drug-likeness (QED) is 0.908. The van der Waals surface area contributed by atoms with Gasteiger partial charge in [-0.15, -0.1) is 0 Å². The summed E-state index contributed by atoms with van der Waals surface area (Å²) in [5.74, 6) is -0.982. The summed E-state index contributed by atoms with van der Waals surface area (Å²) in [6.45, 7) is 0. The molecule has 2 atom stereocenters. The van der Waals surface area contributed by atoms with Crippen LogP contribution in [0.15, 0.2) is 12.1 Å². The summed E-state index contributed by atoms with van der Waals surface area (Å²) in [6, 6.07) is 3.76. The molecule has 1 saturated carbocycles. The summed E-state index contributed by atoms with van der Waals surface area (Å²) < 4.78 is 8.46. The van der Waals surface area contributed by atoms with E-state index >= 15 is 0 Å². The third-order valence-electron chi connectivity index (χ3n) is 3.75. The summed E-state index contributed by atoms with van der Waals surface area (Å²) >= 11 is 7.39. The summed E-state index contributed by atoms with van der Waals surface area (Å²) in [6.07, 6.45) is 3.24. The number of nitrogens with one attached hydrogen (secondary N) is 1. The van der Waals surface area contributed by atoms with Crippen LogP contribution in [0.4, 0.5) is 5.69 Å². The molecule has 0 saturated heterocycles. The van der Waals surface area contributed by atoms with E-state index in [1.165, 1.54) is 0 Å². The lowest BCUT2D eigenvalue weighted by Crippen LogP contribution is -2.31.